The van der Waals surface area contributed by atoms with Crippen molar-refractivity contribution in [2.75, 3.05) is 6.61 Å². The molecular weight excluding hydrogens is 435 g/mol. The first-order chi connectivity index (χ1) is 16.5. The highest BCUT2D eigenvalue weighted by Crippen LogP contribution is 2.20. The van der Waals surface area contributed by atoms with Crippen LogP contribution in [0.1, 0.15) is 66.2 Å². The molecule has 0 fully saturated rings. The second-order valence-corrected chi connectivity index (χ2v) is 7.90. The van der Waals surface area contributed by atoms with Crippen LogP contribution in [0.3, 0.4) is 0 Å². The maximum absolute atomic E-state index is 13.0. The number of carbonyl (C=O) groups is 2. The largest absolute Gasteiger partial charge is 0.494 e. The van der Waals surface area contributed by atoms with Crippen molar-refractivity contribution in [2.45, 2.75) is 45.4 Å². The molecule has 0 aliphatic carbocycles. The first-order valence-corrected chi connectivity index (χ1v) is 11.6. The number of benzene rings is 3. The third kappa shape index (κ3) is 8.03. The molecule has 0 saturated heterocycles. The molecule has 0 atom stereocenters. The minimum absolute atomic E-state index is 0.226. The predicted molar refractivity (Wildman–Crippen MR) is 128 cm³/mol. The third-order valence-corrected chi connectivity index (χ3v) is 5.18. The lowest BCUT2D eigenvalue weighted by Gasteiger charge is -2.08. The summed E-state index contributed by atoms with van der Waals surface area (Å²) in [4.78, 5) is 24.5. The van der Waals surface area contributed by atoms with E-state index in [2.05, 4.69) is 6.92 Å². The monoisotopic (exact) mass is 464 g/mol. The Hall–Kier alpha value is -3.67. The van der Waals surface area contributed by atoms with Crippen LogP contribution in [0.25, 0.3) is 0 Å². The van der Waals surface area contributed by atoms with Crippen LogP contribution in [0.2, 0.25) is 0 Å². The van der Waals surface area contributed by atoms with Crippen molar-refractivity contribution in [1.82, 2.24) is 0 Å². The second-order valence-electron chi connectivity index (χ2n) is 7.90. The lowest BCUT2D eigenvalue weighted by atomic mass is 10.1. The van der Waals surface area contributed by atoms with E-state index < -0.39 is 17.8 Å². The highest BCUT2D eigenvalue weighted by Gasteiger charge is 2.12. The van der Waals surface area contributed by atoms with Crippen molar-refractivity contribution in [3.05, 3.63) is 89.7 Å². The minimum atomic E-state index is -0.617. The fraction of sp³-hybridized carbons (Fsp3) is 0.286. The standard InChI is InChI=1S/C28H29FO5/c1-2-3-4-5-6-7-20-32-24-16-18-26(19-17-24)34-28(31)22-10-14-25(15-11-22)33-27(30)21-8-12-23(29)13-9-21/h8-19H,2-7,20H2,1H3. The van der Waals surface area contributed by atoms with Gasteiger partial charge in [0.15, 0.2) is 0 Å². The zero-order valence-electron chi connectivity index (χ0n) is 19.3. The van der Waals surface area contributed by atoms with Gasteiger partial charge in [-0.25, -0.2) is 14.0 Å². The number of halogens is 1. The van der Waals surface area contributed by atoms with E-state index in [1.165, 1.54) is 80.6 Å². The Morgan fingerprint density at radius 1 is 0.618 bits per heavy atom. The Bertz CT molecular complexity index is 1040. The molecule has 0 saturated carbocycles. The number of esters is 2. The molecule has 34 heavy (non-hydrogen) atoms. The first-order valence-electron chi connectivity index (χ1n) is 11.6. The van der Waals surface area contributed by atoms with E-state index in [1.54, 1.807) is 24.3 Å². The summed E-state index contributed by atoms with van der Waals surface area (Å²) < 4.78 is 29.4. The van der Waals surface area contributed by atoms with Crippen LogP contribution in [0.4, 0.5) is 4.39 Å². The maximum Gasteiger partial charge on any atom is 0.343 e. The molecule has 0 N–H and O–H groups in total. The molecule has 0 bridgehead atoms. The van der Waals surface area contributed by atoms with Crippen molar-refractivity contribution < 1.29 is 28.2 Å². The Morgan fingerprint density at radius 2 is 1.06 bits per heavy atom. The molecule has 3 aromatic carbocycles. The van der Waals surface area contributed by atoms with Gasteiger partial charge in [-0.15, -0.1) is 0 Å². The van der Waals surface area contributed by atoms with Gasteiger partial charge in [-0.05, 0) is 79.2 Å². The molecule has 0 amide bonds. The van der Waals surface area contributed by atoms with E-state index >= 15 is 0 Å². The number of carbonyl (C=O) groups excluding carboxylic acids is 2. The quantitative estimate of drug-likeness (QED) is 0.164. The Labute approximate surface area is 199 Å². The summed E-state index contributed by atoms with van der Waals surface area (Å²) >= 11 is 0. The van der Waals surface area contributed by atoms with Crippen LogP contribution in [-0.4, -0.2) is 18.5 Å². The van der Waals surface area contributed by atoms with Crippen molar-refractivity contribution in [1.29, 1.82) is 0 Å². The van der Waals surface area contributed by atoms with Crippen LogP contribution in [0.15, 0.2) is 72.8 Å². The van der Waals surface area contributed by atoms with Gasteiger partial charge in [0.05, 0.1) is 17.7 Å². The van der Waals surface area contributed by atoms with Crippen molar-refractivity contribution in [3.8, 4) is 17.2 Å². The Balaban J connectivity index is 1.44. The van der Waals surface area contributed by atoms with Gasteiger partial charge in [0.25, 0.3) is 0 Å². The van der Waals surface area contributed by atoms with E-state index in [0.717, 1.165) is 12.2 Å². The van der Waals surface area contributed by atoms with Gasteiger partial charge in [-0.3, -0.25) is 0 Å². The molecule has 0 aliphatic rings. The van der Waals surface area contributed by atoms with E-state index in [9.17, 15) is 14.0 Å². The van der Waals surface area contributed by atoms with Gasteiger partial charge in [0.2, 0.25) is 0 Å². The summed E-state index contributed by atoms with van der Waals surface area (Å²) in [5.74, 6) is -0.178. The van der Waals surface area contributed by atoms with Crippen molar-refractivity contribution >= 4 is 11.9 Å². The number of hydrogen-bond donors (Lipinski definition) is 0. The molecule has 0 aromatic heterocycles. The van der Waals surface area contributed by atoms with Crippen LogP contribution >= 0.6 is 0 Å². The highest BCUT2D eigenvalue weighted by atomic mass is 19.1. The number of hydrogen-bond acceptors (Lipinski definition) is 5. The van der Waals surface area contributed by atoms with Gasteiger partial charge in [-0.1, -0.05) is 39.0 Å². The van der Waals surface area contributed by atoms with Gasteiger partial charge in [-0.2, -0.15) is 0 Å². The van der Waals surface area contributed by atoms with E-state index in [-0.39, 0.29) is 11.3 Å². The van der Waals surface area contributed by atoms with E-state index in [1.807, 2.05) is 0 Å². The zero-order chi connectivity index (χ0) is 24.2. The smallest absolute Gasteiger partial charge is 0.343 e. The molecule has 178 valence electrons. The number of rotatable bonds is 12. The van der Waals surface area contributed by atoms with Crippen LogP contribution < -0.4 is 14.2 Å². The topological polar surface area (TPSA) is 61.8 Å². The second kappa shape index (κ2) is 13.1. The Morgan fingerprint density at radius 3 is 1.62 bits per heavy atom. The van der Waals surface area contributed by atoms with Crippen LogP contribution in [0, 0.1) is 5.82 Å². The predicted octanol–water partition coefficient (Wildman–Crippen LogP) is 7.00. The summed E-state index contributed by atoms with van der Waals surface area (Å²) in [6, 6.07) is 18.0. The highest BCUT2D eigenvalue weighted by molar-refractivity contribution is 5.92. The number of ether oxygens (including phenoxy) is 3. The average Bonchev–Trinajstić information content (AvgIpc) is 2.85. The zero-order valence-corrected chi connectivity index (χ0v) is 19.3. The first kappa shape index (κ1) is 25.0. The molecule has 0 aliphatic heterocycles. The molecule has 0 spiro atoms. The minimum Gasteiger partial charge on any atom is -0.494 e. The summed E-state index contributed by atoms with van der Waals surface area (Å²) in [7, 11) is 0. The molecule has 3 aromatic rings. The van der Waals surface area contributed by atoms with E-state index in [0.29, 0.717) is 17.9 Å². The fourth-order valence-electron chi connectivity index (χ4n) is 3.25. The fourth-order valence-corrected chi connectivity index (χ4v) is 3.25. The average molecular weight is 465 g/mol. The molecule has 5 nitrogen and oxygen atoms in total. The summed E-state index contributed by atoms with van der Waals surface area (Å²) in [6.45, 7) is 2.88. The van der Waals surface area contributed by atoms with E-state index in [4.69, 9.17) is 14.2 Å². The SMILES string of the molecule is CCCCCCCCOc1ccc(OC(=O)c2ccc(OC(=O)c3ccc(F)cc3)cc2)cc1. The summed E-state index contributed by atoms with van der Waals surface area (Å²) in [6.07, 6.45) is 7.24. The lowest BCUT2D eigenvalue weighted by Crippen LogP contribution is -2.10. The molecule has 0 unspecified atom stereocenters. The summed E-state index contributed by atoms with van der Waals surface area (Å²) in [5, 5.41) is 0. The van der Waals surface area contributed by atoms with Gasteiger partial charge in [0.1, 0.15) is 23.1 Å². The number of unbranched alkanes of at least 4 members (excludes halogenated alkanes) is 5. The van der Waals surface area contributed by atoms with Crippen molar-refractivity contribution in [2.24, 2.45) is 0 Å². The maximum atomic E-state index is 13.0. The normalized spacial score (nSPS) is 10.5. The molecule has 6 heteroatoms. The Kier molecular flexibility index (Phi) is 9.65. The molecule has 3 rings (SSSR count). The van der Waals surface area contributed by atoms with Crippen molar-refractivity contribution in [3.63, 3.8) is 0 Å². The van der Waals surface area contributed by atoms with Crippen LogP contribution in [-0.2, 0) is 0 Å². The lowest BCUT2D eigenvalue weighted by molar-refractivity contribution is 0.0730. The third-order valence-electron chi connectivity index (χ3n) is 5.18. The molecule has 0 heterocycles. The van der Waals surface area contributed by atoms with Gasteiger partial charge in [0, 0.05) is 0 Å². The molecular formula is C28H29FO5. The van der Waals surface area contributed by atoms with Gasteiger partial charge < -0.3 is 14.2 Å². The molecule has 0 radical (unpaired) electrons. The van der Waals surface area contributed by atoms with Gasteiger partial charge >= 0.3 is 11.9 Å². The summed E-state index contributed by atoms with van der Waals surface area (Å²) in [5.41, 5.74) is 0.536. The van der Waals surface area contributed by atoms with Crippen LogP contribution in [0.5, 0.6) is 17.2 Å².